The van der Waals surface area contributed by atoms with Crippen LogP contribution in [-0.4, -0.2) is 28.4 Å². The van der Waals surface area contributed by atoms with E-state index in [-0.39, 0.29) is 11.3 Å². The van der Waals surface area contributed by atoms with Crippen molar-refractivity contribution in [3.8, 4) is 28.3 Å². The molecule has 1 amide bonds. The molecule has 0 saturated heterocycles. The first-order valence-electron chi connectivity index (χ1n) is 12.5. The molecular weight excluding hydrogens is 466 g/mol. The van der Waals surface area contributed by atoms with E-state index in [1.807, 2.05) is 67.6 Å². The standard InChI is InChI=1S/C30H27N3O4/c1-18-15-22(28-31-19(2)37-33-28)7-9-25(18)20-3-5-21(6-4-20)29(35)32-23-8-10-27-26(16-23)30(17-36-27)13-11-24(34)12-14-30/h3-10,15-16H,11-14,17H2,1-2H3,(H,32,35). The molecule has 3 aromatic carbocycles. The Balaban J connectivity index is 1.18. The molecular formula is C30H27N3O4. The Bertz CT molecular complexity index is 1510. The number of hydrogen-bond donors (Lipinski definition) is 1. The van der Waals surface area contributed by atoms with E-state index < -0.39 is 0 Å². The highest BCUT2D eigenvalue weighted by Gasteiger charge is 2.43. The molecule has 2 aliphatic rings. The Morgan fingerprint density at radius 3 is 2.41 bits per heavy atom. The van der Waals surface area contributed by atoms with Crippen LogP contribution < -0.4 is 10.1 Å². The Morgan fingerprint density at radius 2 is 1.70 bits per heavy atom. The Hall–Kier alpha value is -4.26. The zero-order chi connectivity index (χ0) is 25.6. The topological polar surface area (TPSA) is 94.3 Å². The Labute approximate surface area is 214 Å². The van der Waals surface area contributed by atoms with Gasteiger partial charge >= 0.3 is 0 Å². The number of nitrogens with one attached hydrogen (secondary N) is 1. The highest BCUT2D eigenvalue weighted by molar-refractivity contribution is 6.04. The molecule has 2 heterocycles. The normalized spacial score (nSPS) is 15.9. The third-order valence-corrected chi connectivity index (χ3v) is 7.55. The van der Waals surface area contributed by atoms with Crippen LogP contribution in [0.3, 0.4) is 0 Å². The van der Waals surface area contributed by atoms with Crippen molar-refractivity contribution in [3.63, 3.8) is 0 Å². The molecule has 4 aromatic rings. The van der Waals surface area contributed by atoms with Crippen LogP contribution in [0.2, 0.25) is 0 Å². The van der Waals surface area contributed by atoms with Crippen molar-refractivity contribution in [1.29, 1.82) is 0 Å². The summed E-state index contributed by atoms with van der Waals surface area (Å²) in [6.45, 7) is 4.41. The van der Waals surface area contributed by atoms with Crippen LogP contribution in [0.4, 0.5) is 5.69 Å². The number of carbonyl (C=O) groups excluding carboxylic acids is 2. The van der Waals surface area contributed by atoms with Crippen LogP contribution in [0.1, 0.15) is 53.1 Å². The fourth-order valence-corrected chi connectivity index (χ4v) is 5.41. The third kappa shape index (κ3) is 4.31. The second kappa shape index (κ2) is 9.00. The first-order chi connectivity index (χ1) is 17.9. The average Bonchev–Trinajstić information content (AvgIpc) is 3.50. The monoisotopic (exact) mass is 493 g/mol. The van der Waals surface area contributed by atoms with Crippen LogP contribution in [0.15, 0.2) is 65.2 Å². The van der Waals surface area contributed by atoms with Crippen molar-refractivity contribution in [2.45, 2.75) is 44.9 Å². The Morgan fingerprint density at radius 1 is 0.946 bits per heavy atom. The van der Waals surface area contributed by atoms with Gasteiger partial charge in [-0.3, -0.25) is 9.59 Å². The minimum atomic E-state index is -0.169. The summed E-state index contributed by atoms with van der Waals surface area (Å²) in [5.41, 5.74) is 6.36. The lowest BCUT2D eigenvalue weighted by atomic mass is 9.70. The first-order valence-corrected chi connectivity index (χ1v) is 12.5. The molecule has 37 heavy (non-hydrogen) atoms. The maximum Gasteiger partial charge on any atom is 0.255 e. The van der Waals surface area contributed by atoms with E-state index in [2.05, 4.69) is 15.5 Å². The molecule has 6 rings (SSSR count). The summed E-state index contributed by atoms with van der Waals surface area (Å²) in [5.74, 6) is 2.11. The van der Waals surface area contributed by atoms with E-state index >= 15 is 0 Å². The summed E-state index contributed by atoms with van der Waals surface area (Å²) in [6, 6.07) is 19.4. The van der Waals surface area contributed by atoms with Gasteiger partial charge in [-0.05, 0) is 72.9 Å². The van der Waals surface area contributed by atoms with Crippen molar-refractivity contribution in [1.82, 2.24) is 10.1 Å². The number of Topliss-reactive ketones (excluding diaryl/α,β-unsaturated/α-hetero) is 1. The quantitative estimate of drug-likeness (QED) is 0.372. The minimum absolute atomic E-state index is 0.123. The fourth-order valence-electron chi connectivity index (χ4n) is 5.41. The SMILES string of the molecule is Cc1nc(-c2ccc(-c3ccc(C(=O)Nc4ccc5c(c4)C4(CCC(=O)CC4)CO5)cc3)c(C)c2)no1. The van der Waals surface area contributed by atoms with Gasteiger partial charge in [0.25, 0.3) is 5.91 Å². The number of ether oxygens (including phenoxy) is 1. The number of rotatable bonds is 4. The van der Waals surface area contributed by atoms with E-state index in [1.54, 1.807) is 6.92 Å². The van der Waals surface area contributed by atoms with E-state index in [1.165, 1.54) is 0 Å². The predicted molar refractivity (Wildman–Crippen MR) is 140 cm³/mol. The number of nitrogens with zero attached hydrogens (tertiary/aromatic N) is 2. The van der Waals surface area contributed by atoms with Crippen LogP contribution in [0, 0.1) is 13.8 Å². The molecule has 7 nitrogen and oxygen atoms in total. The molecule has 0 atom stereocenters. The van der Waals surface area contributed by atoms with Gasteiger partial charge in [-0.25, -0.2) is 0 Å². The molecule has 186 valence electrons. The third-order valence-electron chi connectivity index (χ3n) is 7.55. The fraction of sp³-hybridized carbons (Fsp3) is 0.267. The number of aryl methyl sites for hydroxylation is 2. The van der Waals surface area contributed by atoms with Gasteiger partial charge in [-0.1, -0.05) is 29.4 Å². The molecule has 1 N–H and O–H groups in total. The number of fused-ring (bicyclic) bond motifs is 2. The second-order valence-electron chi connectivity index (χ2n) is 10.0. The molecule has 1 fully saturated rings. The van der Waals surface area contributed by atoms with Gasteiger partial charge in [0, 0.05) is 47.6 Å². The van der Waals surface area contributed by atoms with Crippen LogP contribution in [-0.2, 0) is 10.2 Å². The molecule has 1 aromatic heterocycles. The highest BCUT2D eigenvalue weighted by Crippen LogP contribution is 2.48. The van der Waals surface area contributed by atoms with E-state index in [9.17, 15) is 9.59 Å². The molecule has 0 bridgehead atoms. The maximum atomic E-state index is 13.0. The summed E-state index contributed by atoms with van der Waals surface area (Å²) in [6.07, 6.45) is 2.77. The largest absolute Gasteiger partial charge is 0.492 e. The molecule has 1 aliphatic heterocycles. The number of aromatic nitrogens is 2. The van der Waals surface area contributed by atoms with Crippen molar-refractivity contribution in [2.75, 3.05) is 11.9 Å². The number of benzene rings is 3. The van der Waals surface area contributed by atoms with Gasteiger partial charge in [0.05, 0.1) is 6.61 Å². The Kier molecular flexibility index (Phi) is 5.63. The van der Waals surface area contributed by atoms with E-state index in [4.69, 9.17) is 9.26 Å². The molecule has 1 aliphatic carbocycles. The van der Waals surface area contributed by atoms with E-state index in [0.29, 0.717) is 42.5 Å². The minimum Gasteiger partial charge on any atom is -0.492 e. The van der Waals surface area contributed by atoms with Crippen LogP contribution >= 0.6 is 0 Å². The number of anilines is 1. The lowest BCUT2D eigenvalue weighted by Gasteiger charge is -2.31. The van der Waals surface area contributed by atoms with Gasteiger partial charge in [0.2, 0.25) is 11.7 Å². The lowest BCUT2D eigenvalue weighted by molar-refractivity contribution is -0.121. The van der Waals surface area contributed by atoms with Gasteiger partial charge in [0.15, 0.2) is 0 Å². The van der Waals surface area contributed by atoms with Crippen molar-refractivity contribution >= 4 is 17.4 Å². The van der Waals surface area contributed by atoms with Gasteiger partial charge in [-0.2, -0.15) is 4.98 Å². The van der Waals surface area contributed by atoms with Crippen molar-refractivity contribution in [3.05, 3.63) is 83.2 Å². The molecule has 0 radical (unpaired) electrons. The highest BCUT2D eigenvalue weighted by atomic mass is 16.5. The molecule has 7 heteroatoms. The molecule has 1 spiro atoms. The van der Waals surface area contributed by atoms with Crippen LogP contribution in [0.25, 0.3) is 22.5 Å². The summed E-state index contributed by atoms with van der Waals surface area (Å²) in [4.78, 5) is 29.1. The molecule has 1 saturated carbocycles. The van der Waals surface area contributed by atoms with Gasteiger partial charge < -0.3 is 14.6 Å². The van der Waals surface area contributed by atoms with Crippen molar-refractivity contribution < 1.29 is 18.8 Å². The van der Waals surface area contributed by atoms with Crippen molar-refractivity contribution in [2.24, 2.45) is 0 Å². The smallest absolute Gasteiger partial charge is 0.255 e. The number of carbonyl (C=O) groups is 2. The summed E-state index contributed by atoms with van der Waals surface area (Å²) in [5, 5.41) is 7.02. The first kappa shape index (κ1) is 23.2. The molecule has 0 unspecified atom stereocenters. The van der Waals surface area contributed by atoms with Gasteiger partial charge in [0.1, 0.15) is 11.5 Å². The summed E-state index contributed by atoms with van der Waals surface area (Å²) in [7, 11) is 0. The van der Waals surface area contributed by atoms with E-state index in [0.717, 1.165) is 52.1 Å². The summed E-state index contributed by atoms with van der Waals surface area (Å²) >= 11 is 0. The zero-order valence-electron chi connectivity index (χ0n) is 20.8. The zero-order valence-corrected chi connectivity index (χ0v) is 20.8. The van der Waals surface area contributed by atoms with Gasteiger partial charge in [-0.15, -0.1) is 0 Å². The maximum absolute atomic E-state index is 13.0. The average molecular weight is 494 g/mol. The second-order valence-corrected chi connectivity index (χ2v) is 10.0. The number of hydrogen-bond acceptors (Lipinski definition) is 6. The van der Waals surface area contributed by atoms with Crippen LogP contribution in [0.5, 0.6) is 5.75 Å². The number of amides is 1. The lowest BCUT2D eigenvalue weighted by Crippen LogP contribution is -2.33. The summed E-state index contributed by atoms with van der Waals surface area (Å²) < 4.78 is 11.0. The number of ketones is 1. The predicted octanol–water partition coefficient (Wildman–Crippen LogP) is 6.05.